The zero-order valence-electron chi connectivity index (χ0n) is 9.64. The molecule has 1 aliphatic heterocycles. The monoisotopic (exact) mass is 230 g/mol. The van der Waals surface area contributed by atoms with E-state index in [1.54, 1.807) is 6.07 Å². The number of rotatable bonds is 2. The molecule has 1 aromatic carbocycles. The Labute approximate surface area is 99.6 Å². The van der Waals surface area contributed by atoms with Crippen LogP contribution in [-0.4, -0.2) is 11.7 Å². The number of aliphatic hydroxyl groups is 1. The molecule has 1 unspecified atom stereocenters. The van der Waals surface area contributed by atoms with E-state index in [0.717, 1.165) is 29.1 Å². The summed E-state index contributed by atoms with van der Waals surface area (Å²) in [6.45, 7) is 2.55. The van der Waals surface area contributed by atoms with E-state index in [1.165, 1.54) is 0 Å². The van der Waals surface area contributed by atoms with Crippen LogP contribution in [0.25, 0.3) is 0 Å². The van der Waals surface area contributed by atoms with Gasteiger partial charge in [0.15, 0.2) is 0 Å². The Hall–Kier alpha value is -1.74. The maximum Gasteiger partial charge on any atom is 0.140 e. The van der Waals surface area contributed by atoms with Crippen molar-refractivity contribution >= 4 is 0 Å². The predicted molar refractivity (Wildman–Crippen MR) is 63.1 cm³/mol. The highest BCUT2D eigenvalue weighted by Gasteiger charge is 2.23. The molecule has 3 rings (SSSR count). The molecule has 88 valence electrons. The number of hydrogen-bond acceptors (Lipinski definition) is 3. The first-order chi connectivity index (χ1) is 8.25. The van der Waals surface area contributed by atoms with E-state index in [2.05, 4.69) is 0 Å². The van der Waals surface area contributed by atoms with Crippen LogP contribution in [0, 0.1) is 6.92 Å². The minimum Gasteiger partial charge on any atom is -0.493 e. The number of aryl methyl sites for hydroxylation is 1. The van der Waals surface area contributed by atoms with E-state index in [-0.39, 0.29) is 0 Å². The van der Waals surface area contributed by atoms with Crippen LogP contribution in [-0.2, 0) is 6.42 Å². The number of furan rings is 1. The minimum atomic E-state index is -0.753. The van der Waals surface area contributed by atoms with E-state index in [4.69, 9.17) is 9.15 Å². The number of benzene rings is 1. The summed E-state index contributed by atoms with van der Waals surface area (Å²) < 4.78 is 11.0. The topological polar surface area (TPSA) is 42.6 Å². The Kier molecular flexibility index (Phi) is 2.41. The molecule has 1 atom stereocenters. The molecule has 17 heavy (non-hydrogen) atoms. The van der Waals surface area contributed by atoms with Crippen molar-refractivity contribution in [3.8, 4) is 5.75 Å². The summed E-state index contributed by atoms with van der Waals surface area (Å²) in [6, 6.07) is 9.51. The third-order valence-electron chi connectivity index (χ3n) is 3.07. The smallest absolute Gasteiger partial charge is 0.140 e. The van der Waals surface area contributed by atoms with Crippen molar-refractivity contribution in [3.63, 3.8) is 0 Å². The van der Waals surface area contributed by atoms with Gasteiger partial charge >= 0.3 is 0 Å². The Morgan fingerprint density at radius 1 is 1.24 bits per heavy atom. The molecule has 1 aromatic heterocycles. The van der Waals surface area contributed by atoms with Gasteiger partial charge in [-0.05, 0) is 24.6 Å². The lowest BCUT2D eigenvalue weighted by Crippen LogP contribution is -2.00. The summed E-state index contributed by atoms with van der Waals surface area (Å²) in [5, 5.41) is 10.3. The van der Waals surface area contributed by atoms with Crippen molar-refractivity contribution in [1.82, 2.24) is 0 Å². The summed E-state index contributed by atoms with van der Waals surface area (Å²) in [5.74, 6) is 2.17. The Morgan fingerprint density at radius 3 is 2.88 bits per heavy atom. The number of aliphatic hydroxyl groups excluding tert-OH is 1. The van der Waals surface area contributed by atoms with Crippen molar-refractivity contribution in [2.24, 2.45) is 0 Å². The van der Waals surface area contributed by atoms with Crippen LogP contribution >= 0.6 is 0 Å². The van der Waals surface area contributed by atoms with Gasteiger partial charge in [0.2, 0.25) is 0 Å². The molecule has 0 fully saturated rings. The standard InChI is InChI=1S/C14H14O3/c1-9-5-6-12(17-9)13(15)11-4-2-3-10-7-8-16-14(10)11/h2-6,13,15H,7-8H2,1H3. The average molecular weight is 230 g/mol. The Balaban J connectivity index is 2.02. The van der Waals surface area contributed by atoms with E-state index in [0.29, 0.717) is 12.4 Å². The van der Waals surface area contributed by atoms with Gasteiger partial charge in [-0.2, -0.15) is 0 Å². The van der Waals surface area contributed by atoms with Gasteiger partial charge in [-0.3, -0.25) is 0 Å². The first kappa shape index (κ1) is 10.4. The number of ether oxygens (including phenoxy) is 1. The van der Waals surface area contributed by atoms with Crippen LogP contribution in [0.4, 0.5) is 0 Å². The van der Waals surface area contributed by atoms with Crippen LogP contribution in [0.15, 0.2) is 34.7 Å². The molecular weight excluding hydrogens is 216 g/mol. The fraction of sp³-hybridized carbons (Fsp3) is 0.286. The van der Waals surface area contributed by atoms with Gasteiger partial charge in [-0.25, -0.2) is 0 Å². The molecular formula is C14H14O3. The molecule has 2 heterocycles. The molecule has 2 aromatic rings. The summed E-state index contributed by atoms with van der Waals surface area (Å²) in [6.07, 6.45) is 0.157. The van der Waals surface area contributed by atoms with Crippen LogP contribution < -0.4 is 4.74 Å². The predicted octanol–water partition coefficient (Wildman–Crippen LogP) is 2.60. The molecule has 0 saturated heterocycles. The number of para-hydroxylation sites is 1. The van der Waals surface area contributed by atoms with Gasteiger partial charge in [0.05, 0.1) is 6.61 Å². The van der Waals surface area contributed by atoms with Crippen LogP contribution in [0.2, 0.25) is 0 Å². The maximum absolute atomic E-state index is 10.3. The molecule has 0 amide bonds. The lowest BCUT2D eigenvalue weighted by Gasteiger charge is -2.12. The van der Waals surface area contributed by atoms with E-state index in [9.17, 15) is 5.11 Å². The second-order valence-electron chi connectivity index (χ2n) is 4.28. The zero-order valence-corrected chi connectivity index (χ0v) is 9.64. The lowest BCUT2D eigenvalue weighted by molar-refractivity contribution is 0.183. The lowest BCUT2D eigenvalue weighted by atomic mass is 10.0. The normalized spacial score (nSPS) is 15.4. The third-order valence-corrected chi connectivity index (χ3v) is 3.07. The summed E-state index contributed by atoms with van der Waals surface area (Å²) in [7, 11) is 0. The quantitative estimate of drug-likeness (QED) is 0.862. The maximum atomic E-state index is 10.3. The zero-order chi connectivity index (χ0) is 11.8. The summed E-state index contributed by atoms with van der Waals surface area (Å²) in [4.78, 5) is 0. The van der Waals surface area contributed by atoms with Gasteiger partial charge in [-0.15, -0.1) is 0 Å². The average Bonchev–Trinajstić information content (AvgIpc) is 2.95. The van der Waals surface area contributed by atoms with Gasteiger partial charge in [0, 0.05) is 12.0 Å². The summed E-state index contributed by atoms with van der Waals surface area (Å²) >= 11 is 0. The Bertz CT molecular complexity index is 542. The molecule has 0 radical (unpaired) electrons. The second-order valence-corrected chi connectivity index (χ2v) is 4.28. The van der Waals surface area contributed by atoms with E-state index >= 15 is 0 Å². The van der Waals surface area contributed by atoms with Gasteiger partial charge in [0.25, 0.3) is 0 Å². The first-order valence-corrected chi connectivity index (χ1v) is 5.74. The molecule has 1 N–H and O–H groups in total. The van der Waals surface area contributed by atoms with Gasteiger partial charge in [-0.1, -0.05) is 18.2 Å². The molecule has 1 aliphatic rings. The van der Waals surface area contributed by atoms with Crippen molar-refractivity contribution in [1.29, 1.82) is 0 Å². The highest BCUT2D eigenvalue weighted by atomic mass is 16.5. The first-order valence-electron chi connectivity index (χ1n) is 5.74. The minimum absolute atomic E-state index is 0.561. The van der Waals surface area contributed by atoms with Crippen LogP contribution in [0.3, 0.4) is 0 Å². The highest BCUT2D eigenvalue weighted by molar-refractivity contribution is 5.46. The molecule has 0 bridgehead atoms. The highest BCUT2D eigenvalue weighted by Crippen LogP contribution is 2.36. The third kappa shape index (κ3) is 1.72. The van der Waals surface area contributed by atoms with Crippen molar-refractivity contribution in [2.75, 3.05) is 6.61 Å². The SMILES string of the molecule is Cc1ccc(C(O)c2cccc3c2OCC3)o1. The Morgan fingerprint density at radius 2 is 2.12 bits per heavy atom. The van der Waals surface area contributed by atoms with Crippen LogP contribution in [0.5, 0.6) is 5.75 Å². The summed E-state index contributed by atoms with van der Waals surface area (Å²) in [5.41, 5.74) is 1.94. The fourth-order valence-corrected chi connectivity index (χ4v) is 2.21. The van der Waals surface area contributed by atoms with E-state index in [1.807, 2.05) is 31.2 Å². The van der Waals surface area contributed by atoms with Crippen molar-refractivity contribution in [3.05, 3.63) is 53.0 Å². The van der Waals surface area contributed by atoms with Crippen molar-refractivity contribution in [2.45, 2.75) is 19.4 Å². The molecule has 0 spiro atoms. The van der Waals surface area contributed by atoms with Crippen LogP contribution in [0.1, 0.15) is 28.8 Å². The van der Waals surface area contributed by atoms with E-state index < -0.39 is 6.10 Å². The van der Waals surface area contributed by atoms with Gasteiger partial charge < -0.3 is 14.3 Å². The largest absolute Gasteiger partial charge is 0.493 e. The molecule has 3 nitrogen and oxygen atoms in total. The van der Waals surface area contributed by atoms with Crippen molar-refractivity contribution < 1.29 is 14.3 Å². The molecule has 3 heteroatoms. The number of hydrogen-bond donors (Lipinski definition) is 1. The van der Waals surface area contributed by atoms with Gasteiger partial charge in [0.1, 0.15) is 23.4 Å². The number of fused-ring (bicyclic) bond motifs is 1. The molecule has 0 saturated carbocycles. The second kappa shape index (κ2) is 3.93. The fourth-order valence-electron chi connectivity index (χ4n) is 2.21. The molecule has 0 aliphatic carbocycles.